The molecule has 2 rings (SSSR count). The molecule has 2 aromatic rings. The van der Waals surface area contributed by atoms with Gasteiger partial charge in [-0.05, 0) is 50.5 Å². The molecule has 0 saturated heterocycles. The molecule has 0 fully saturated rings. The minimum Gasteiger partial charge on any atom is -0.354 e. The first-order chi connectivity index (χ1) is 12.6. The predicted octanol–water partition coefficient (Wildman–Crippen LogP) is 1.60. The Hall–Kier alpha value is -1.66. The van der Waals surface area contributed by atoms with Crippen molar-refractivity contribution in [2.24, 2.45) is 17.2 Å². The molecule has 0 amide bonds. The van der Waals surface area contributed by atoms with Crippen molar-refractivity contribution in [3.8, 4) is 0 Å². The van der Waals surface area contributed by atoms with Crippen molar-refractivity contribution in [3.63, 3.8) is 0 Å². The molecule has 0 aliphatic rings. The highest BCUT2D eigenvalue weighted by atomic mass is 127. The Morgan fingerprint density at radius 3 is 2.57 bits per heavy atom. The van der Waals surface area contributed by atoms with E-state index in [1.165, 1.54) is 11.6 Å². The first kappa shape index (κ1) is 24.4. The molecular weight excluding hydrogens is 491 g/mol. The van der Waals surface area contributed by atoms with Crippen LogP contribution in [-0.2, 0) is 30.0 Å². The maximum absolute atomic E-state index is 11.5. The fourth-order valence-electron chi connectivity index (χ4n) is 2.92. The Balaban J connectivity index is 0.00000392. The average Bonchev–Trinajstić information content (AvgIpc) is 2.84. The van der Waals surface area contributed by atoms with Crippen molar-refractivity contribution in [1.82, 2.24) is 20.4 Å². The molecule has 1 aromatic heterocycles. The van der Waals surface area contributed by atoms with Crippen LogP contribution in [-0.4, -0.2) is 37.2 Å². The second-order valence-electron chi connectivity index (χ2n) is 6.64. The number of aliphatic imine (C=N–C) groups is 1. The molecule has 4 N–H and O–H groups in total. The lowest BCUT2D eigenvalue weighted by Crippen LogP contribution is -2.42. The van der Waals surface area contributed by atoms with E-state index in [2.05, 4.69) is 34.6 Å². The molecule has 0 aliphatic heterocycles. The van der Waals surface area contributed by atoms with Crippen LogP contribution >= 0.6 is 24.0 Å². The summed E-state index contributed by atoms with van der Waals surface area (Å²) < 4.78 is 24.8. The number of nitrogens with one attached hydrogen (secondary N) is 2. The largest absolute Gasteiger partial charge is 0.354 e. The van der Waals surface area contributed by atoms with Gasteiger partial charge in [-0.15, -0.1) is 24.0 Å². The molecule has 0 spiro atoms. The minimum absolute atomic E-state index is 0. The highest BCUT2D eigenvalue weighted by Crippen LogP contribution is 2.14. The van der Waals surface area contributed by atoms with Crippen molar-refractivity contribution in [1.29, 1.82) is 0 Å². The van der Waals surface area contributed by atoms with Crippen LogP contribution in [0.1, 0.15) is 29.4 Å². The van der Waals surface area contributed by atoms with Crippen LogP contribution in [0.3, 0.4) is 0 Å². The van der Waals surface area contributed by atoms with Gasteiger partial charge >= 0.3 is 0 Å². The van der Waals surface area contributed by atoms with Crippen LogP contribution in [0.5, 0.6) is 0 Å². The fraction of sp³-hybridized carbons (Fsp3) is 0.444. The van der Waals surface area contributed by atoms with Gasteiger partial charge in [0.2, 0.25) is 10.0 Å². The lowest BCUT2D eigenvalue weighted by Gasteiger charge is -2.18. The number of rotatable bonds is 6. The third-order valence-electron chi connectivity index (χ3n) is 4.46. The standard InChI is InChI=1S/C18H28N6O2S.HI/c1-12(9-17-13(2)23-24(5)14(17)3)22-18(20-4)21-11-15-7-6-8-16(10-15)27(19,25)26;/h6-8,10,12H,9,11H2,1-5H3,(H2,19,25,26)(H2,20,21,22);1H. The van der Waals surface area contributed by atoms with Crippen LogP contribution in [0.2, 0.25) is 0 Å². The number of aromatic nitrogens is 2. The molecule has 0 saturated carbocycles. The maximum Gasteiger partial charge on any atom is 0.238 e. The van der Waals surface area contributed by atoms with Crippen molar-refractivity contribution < 1.29 is 8.42 Å². The summed E-state index contributed by atoms with van der Waals surface area (Å²) in [6.45, 7) is 6.59. The van der Waals surface area contributed by atoms with Crippen molar-refractivity contribution in [2.45, 2.75) is 44.7 Å². The number of hydrogen-bond acceptors (Lipinski definition) is 4. The average molecular weight is 520 g/mol. The number of hydrogen-bond donors (Lipinski definition) is 3. The third kappa shape index (κ3) is 6.45. The molecule has 0 bridgehead atoms. The molecular formula is C18H29IN6O2S. The topological polar surface area (TPSA) is 114 Å². The molecule has 10 heteroatoms. The highest BCUT2D eigenvalue weighted by molar-refractivity contribution is 14.0. The molecule has 1 unspecified atom stereocenters. The van der Waals surface area contributed by atoms with Crippen LogP contribution in [0.25, 0.3) is 0 Å². The Bertz CT molecular complexity index is 940. The third-order valence-corrected chi connectivity index (χ3v) is 5.37. The van der Waals surface area contributed by atoms with Crippen LogP contribution < -0.4 is 15.8 Å². The number of benzene rings is 1. The number of nitrogens with zero attached hydrogens (tertiary/aromatic N) is 3. The van der Waals surface area contributed by atoms with Gasteiger partial charge in [0, 0.05) is 32.4 Å². The van der Waals surface area contributed by atoms with Crippen molar-refractivity contribution >= 4 is 40.0 Å². The normalized spacial score (nSPS) is 13.0. The Labute approximate surface area is 184 Å². The number of sulfonamides is 1. The summed E-state index contributed by atoms with van der Waals surface area (Å²) in [7, 11) is -0.0685. The summed E-state index contributed by atoms with van der Waals surface area (Å²) in [4.78, 5) is 4.33. The predicted molar refractivity (Wildman–Crippen MR) is 122 cm³/mol. The van der Waals surface area contributed by atoms with Gasteiger partial charge in [0.25, 0.3) is 0 Å². The van der Waals surface area contributed by atoms with Gasteiger partial charge < -0.3 is 10.6 Å². The molecule has 1 aromatic carbocycles. The highest BCUT2D eigenvalue weighted by Gasteiger charge is 2.14. The molecule has 0 radical (unpaired) electrons. The van der Waals surface area contributed by atoms with Crippen LogP contribution in [0.4, 0.5) is 0 Å². The van der Waals surface area contributed by atoms with Crippen molar-refractivity contribution in [2.75, 3.05) is 7.05 Å². The molecule has 8 nitrogen and oxygen atoms in total. The summed E-state index contributed by atoms with van der Waals surface area (Å²) >= 11 is 0. The monoisotopic (exact) mass is 520 g/mol. The summed E-state index contributed by atoms with van der Waals surface area (Å²) in [5.41, 5.74) is 4.22. The summed E-state index contributed by atoms with van der Waals surface area (Å²) in [5.74, 6) is 0.641. The molecule has 156 valence electrons. The smallest absolute Gasteiger partial charge is 0.238 e. The summed E-state index contributed by atoms with van der Waals surface area (Å²) in [6, 6.07) is 6.69. The van der Waals surface area contributed by atoms with E-state index < -0.39 is 10.0 Å². The number of nitrogens with two attached hydrogens (primary N) is 1. The Kier molecular flexibility index (Phi) is 8.89. The zero-order valence-corrected chi connectivity index (χ0v) is 20.0. The van der Waals surface area contributed by atoms with E-state index in [1.54, 1.807) is 19.2 Å². The minimum atomic E-state index is -3.71. The van der Waals surface area contributed by atoms with Crippen molar-refractivity contribution in [3.05, 3.63) is 46.8 Å². The van der Waals surface area contributed by atoms with Gasteiger partial charge in [0.05, 0.1) is 10.6 Å². The molecule has 0 aliphatic carbocycles. The van der Waals surface area contributed by atoms with Gasteiger partial charge in [-0.2, -0.15) is 5.10 Å². The van der Waals surface area contributed by atoms with E-state index in [4.69, 9.17) is 5.14 Å². The van der Waals surface area contributed by atoms with Crippen LogP contribution in [0, 0.1) is 13.8 Å². The SMILES string of the molecule is CN=C(NCc1cccc(S(N)(=O)=O)c1)NC(C)Cc1c(C)nn(C)c1C.I. The second kappa shape index (κ2) is 10.2. The zero-order chi connectivity index (χ0) is 20.2. The van der Waals surface area contributed by atoms with Gasteiger partial charge in [-0.3, -0.25) is 9.67 Å². The molecule has 1 atom stereocenters. The van der Waals surface area contributed by atoms with E-state index in [0.717, 1.165) is 23.4 Å². The molecule has 1 heterocycles. The number of aryl methyl sites for hydroxylation is 2. The van der Waals surface area contributed by atoms with Crippen LogP contribution in [0.15, 0.2) is 34.2 Å². The lowest BCUT2D eigenvalue weighted by atomic mass is 10.1. The summed E-state index contributed by atoms with van der Waals surface area (Å²) in [6.07, 6.45) is 0.826. The van der Waals surface area contributed by atoms with E-state index in [-0.39, 0.29) is 34.9 Å². The van der Waals surface area contributed by atoms with Gasteiger partial charge in [0.15, 0.2) is 5.96 Å². The van der Waals surface area contributed by atoms with E-state index >= 15 is 0 Å². The maximum atomic E-state index is 11.5. The summed E-state index contributed by atoms with van der Waals surface area (Å²) in [5, 5.41) is 16.2. The Morgan fingerprint density at radius 2 is 2.04 bits per heavy atom. The lowest BCUT2D eigenvalue weighted by molar-refractivity contribution is 0.597. The second-order valence-corrected chi connectivity index (χ2v) is 8.20. The first-order valence-corrected chi connectivity index (χ1v) is 10.2. The fourth-order valence-corrected chi connectivity index (χ4v) is 3.50. The Morgan fingerprint density at radius 1 is 1.36 bits per heavy atom. The quantitative estimate of drug-likeness (QED) is 0.304. The number of primary sulfonamides is 1. The van der Waals surface area contributed by atoms with E-state index in [9.17, 15) is 8.42 Å². The van der Waals surface area contributed by atoms with Gasteiger partial charge in [-0.1, -0.05) is 12.1 Å². The van der Waals surface area contributed by atoms with Gasteiger partial charge in [0.1, 0.15) is 0 Å². The first-order valence-electron chi connectivity index (χ1n) is 8.69. The van der Waals surface area contributed by atoms with E-state index in [1.807, 2.05) is 24.7 Å². The molecule has 28 heavy (non-hydrogen) atoms. The number of halogens is 1. The number of guanidine groups is 1. The van der Waals surface area contributed by atoms with Gasteiger partial charge in [-0.25, -0.2) is 13.6 Å². The van der Waals surface area contributed by atoms with E-state index in [0.29, 0.717) is 12.5 Å². The zero-order valence-electron chi connectivity index (χ0n) is 16.9.